The molecular formula is C31H37N7O3. The number of nitrogens with zero attached hydrogens (tertiary/aromatic N) is 5. The maximum absolute atomic E-state index is 13.7. The fourth-order valence-electron chi connectivity index (χ4n) is 6.18. The second-order valence-corrected chi connectivity index (χ2v) is 11.9. The molecule has 1 aliphatic carbocycles. The lowest BCUT2D eigenvalue weighted by Gasteiger charge is -2.42. The quantitative estimate of drug-likeness (QED) is 0.357. The number of carbonyl (C=O) groups excluding carboxylic acids is 1. The van der Waals surface area contributed by atoms with Crippen LogP contribution < -0.4 is 15.4 Å². The number of fused-ring (bicyclic) bond motifs is 7. The van der Waals surface area contributed by atoms with Gasteiger partial charge in [-0.15, -0.1) is 0 Å². The lowest BCUT2D eigenvalue weighted by atomic mass is 9.93. The van der Waals surface area contributed by atoms with Crippen molar-refractivity contribution in [2.24, 2.45) is 18.9 Å². The Labute approximate surface area is 239 Å². The van der Waals surface area contributed by atoms with Crippen LogP contribution in [0.5, 0.6) is 5.88 Å². The van der Waals surface area contributed by atoms with Gasteiger partial charge in [-0.2, -0.15) is 5.10 Å². The molecule has 1 aromatic carbocycles. The van der Waals surface area contributed by atoms with Gasteiger partial charge in [0.25, 0.3) is 5.91 Å². The molecule has 41 heavy (non-hydrogen) atoms. The Morgan fingerprint density at radius 3 is 2.73 bits per heavy atom. The zero-order chi connectivity index (χ0) is 28.1. The average Bonchev–Trinajstić information content (AvgIpc) is 3.64. The molecule has 7 rings (SSSR count). The number of ether oxygens (including phenoxy) is 2. The first kappa shape index (κ1) is 26.0. The first-order chi connectivity index (χ1) is 19.9. The topological polar surface area (TPSA) is 108 Å². The summed E-state index contributed by atoms with van der Waals surface area (Å²) in [6, 6.07) is 9.95. The van der Waals surface area contributed by atoms with Gasteiger partial charge >= 0.3 is 0 Å². The molecule has 3 aliphatic rings. The van der Waals surface area contributed by atoms with Gasteiger partial charge in [0.15, 0.2) is 0 Å². The number of aromatic nitrogens is 5. The monoisotopic (exact) mass is 555 g/mol. The van der Waals surface area contributed by atoms with Crippen LogP contribution in [-0.2, 0) is 18.3 Å². The van der Waals surface area contributed by atoms with Crippen LogP contribution in [0.4, 0.5) is 11.6 Å². The number of imidazole rings is 1. The van der Waals surface area contributed by atoms with Crippen LogP contribution in [0.2, 0.25) is 0 Å². The van der Waals surface area contributed by atoms with E-state index in [0.717, 1.165) is 53.8 Å². The van der Waals surface area contributed by atoms with Crippen molar-refractivity contribution >= 4 is 28.6 Å². The van der Waals surface area contributed by atoms with E-state index < -0.39 is 0 Å². The minimum absolute atomic E-state index is 0.0253. The normalized spacial score (nSPS) is 20.6. The lowest BCUT2D eigenvalue weighted by molar-refractivity contribution is -0.0430. The molecule has 5 heterocycles. The van der Waals surface area contributed by atoms with Crippen LogP contribution in [0.1, 0.15) is 55.1 Å². The molecular weight excluding hydrogens is 518 g/mol. The Bertz CT molecular complexity index is 1610. The van der Waals surface area contributed by atoms with E-state index >= 15 is 0 Å². The zero-order valence-corrected chi connectivity index (χ0v) is 23.9. The summed E-state index contributed by atoms with van der Waals surface area (Å²) in [5.74, 6) is 2.20. The fraction of sp³-hybridized carbons (Fsp3) is 0.484. The van der Waals surface area contributed by atoms with E-state index in [2.05, 4.69) is 45.4 Å². The summed E-state index contributed by atoms with van der Waals surface area (Å²) in [6.07, 6.45) is 7.21. The Hall–Kier alpha value is -3.92. The number of nitrogens with one attached hydrogen (secondary N) is 2. The maximum atomic E-state index is 13.7. The number of aryl methyl sites for hydroxylation is 2. The van der Waals surface area contributed by atoms with Crippen molar-refractivity contribution in [3.63, 3.8) is 0 Å². The third-order valence-corrected chi connectivity index (χ3v) is 8.86. The highest BCUT2D eigenvalue weighted by Gasteiger charge is 2.37. The summed E-state index contributed by atoms with van der Waals surface area (Å²) in [7, 11) is 1.87. The standard InChI is InChI=1S/C31H37N7O3/c1-4-31(17-40-18-31)36-23-9-10-27-26(14-23)34-30-35-28(39)22-12-19(2)33-25(13-22)24-15-32-37(3)29(24)41-11-5-6-21(16-38(27)30)20-7-8-20/h9-10,12-15,20-21,36H,4-8,11,16-18H2,1-3H3,(H,34,35,39). The van der Waals surface area contributed by atoms with E-state index in [-0.39, 0.29) is 11.4 Å². The first-order valence-electron chi connectivity index (χ1n) is 14.7. The molecule has 1 saturated heterocycles. The van der Waals surface area contributed by atoms with Gasteiger partial charge in [-0.1, -0.05) is 6.92 Å². The Kier molecular flexibility index (Phi) is 6.45. The smallest absolute Gasteiger partial charge is 0.258 e. The highest BCUT2D eigenvalue weighted by Crippen LogP contribution is 2.41. The van der Waals surface area contributed by atoms with Crippen molar-refractivity contribution in [1.82, 2.24) is 24.3 Å². The molecule has 10 nitrogen and oxygen atoms in total. The molecule has 1 saturated carbocycles. The largest absolute Gasteiger partial charge is 0.477 e. The molecule has 0 radical (unpaired) electrons. The highest BCUT2D eigenvalue weighted by molar-refractivity contribution is 6.05. The number of pyridine rings is 1. The number of amides is 1. The average molecular weight is 556 g/mol. The Balaban J connectivity index is 1.29. The van der Waals surface area contributed by atoms with E-state index in [1.54, 1.807) is 23.0 Å². The van der Waals surface area contributed by atoms with Gasteiger partial charge in [0, 0.05) is 30.5 Å². The summed E-state index contributed by atoms with van der Waals surface area (Å²) >= 11 is 0. The molecule has 10 heteroatoms. The van der Waals surface area contributed by atoms with Crippen molar-refractivity contribution in [1.29, 1.82) is 0 Å². The van der Waals surface area contributed by atoms with Gasteiger partial charge in [0.2, 0.25) is 11.8 Å². The zero-order valence-electron chi connectivity index (χ0n) is 23.9. The third-order valence-electron chi connectivity index (χ3n) is 8.86. The predicted octanol–water partition coefficient (Wildman–Crippen LogP) is 5.18. The molecule has 0 spiro atoms. The van der Waals surface area contributed by atoms with E-state index in [4.69, 9.17) is 19.4 Å². The number of benzene rings is 1. The second-order valence-electron chi connectivity index (χ2n) is 11.9. The van der Waals surface area contributed by atoms with Gasteiger partial charge in [0.1, 0.15) is 0 Å². The molecule has 1 amide bonds. The molecule has 2 fully saturated rings. The first-order valence-corrected chi connectivity index (χ1v) is 14.7. The summed E-state index contributed by atoms with van der Waals surface area (Å²) in [4.78, 5) is 23.4. The van der Waals surface area contributed by atoms with Crippen LogP contribution in [0.25, 0.3) is 22.3 Å². The molecule has 1 unspecified atom stereocenters. The van der Waals surface area contributed by atoms with E-state index in [9.17, 15) is 4.79 Å². The fourth-order valence-corrected chi connectivity index (χ4v) is 6.18. The molecule has 214 valence electrons. The third kappa shape index (κ3) is 4.94. The molecule has 3 aromatic heterocycles. The minimum atomic E-state index is -0.215. The number of hydrogen-bond acceptors (Lipinski definition) is 7. The molecule has 1 atom stereocenters. The highest BCUT2D eigenvalue weighted by atomic mass is 16.5. The molecule has 2 N–H and O–H groups in total. The van der Waals surface area contributed by atoms with Gasteiger partial charge in [0.05, 0.1) is 53.8 Å². The summed E-state index contributed by atoms with van der Waals surface area (Å²) in [6.45, 7) is 6.89. The van der Waals surface area contributed by atoms with Crippen LogP contribution in [0.15, 0.2) is 36.5 Å². The van der Waals surface area contributed by atoms with Crippen molar-refractivity contribution in [3.05, 3.63) is 47.8 Å². The minimum Gasteiger partial charge on any atom is -0.477 e. The lowest BCUT2D eigenvalue weighted by Crippen LogP contribution is -2.55. The van der Waals surface area contributed by atoms with Crippen LogP contribution in [0.3, 0.4) is 0 Å². The van der Waals surface area contributed by atoms with Gasteiger partial charge in [-0.05, 0) is 81.2 Å². The Morgan fingerprint density at radius 1 is 1.12 bits per heavy atom. The van der Waals surface area contributed by atoms with Crippen LogP contribution >= 0.6 is 0 Å². The van der Waals surface area contributed by atoms with Gasteiger partial charge in [-0.3, -0.25) is 15.1 Å². The van der Waals surface area contributed by atoms with E-state index in [0.29, 0.717) is 54.7 Å². The van der Waals surface area contributed by atoms with Crippen LogP contribution in [-0.4, -0.2) is 55.6 Å². The number of anilines is 2. The van der Waals surface area contributed by atoms with E-state index in [1.165, 1.54) is 12.8 Å². The van der Waals surface area contributed by atoms with Crippen LogP contribution in [0, 0.1) is 18.8 Å². The van der Waals surface area contributed by atoms with Crippen molar-refractivity contribution < 1.29 is 14.3 Å². The molecule has 2 aliphatic heterocycles. The number of carbonyl (C=O) groups is 1. The summed E-state index contributed by atoms with van der Waals surface area (Å²) in [5.41, 5.74) is 5.60. The number of hydrogen-bond donors (Lipinski definition) is 2. The second kappa shape index (κ2) is 10.2. The molecule has 4 aromatic rings. The SMILES string of the molecule is CCC1(Nc2ccc3c(c2)nc2n3CC(C3CC3)CCCOc3c(cnn3C)-c3cc(cc(C)n3)C(=O)N2)COC1. The van der Waals surface area contributed by atoms with E-state index in [1.807, 2.05) is 14.0 Å². The Morgan fingerprint density at radius 2 is 1.98 bits per heavy atom. The van der Waals surface area contributed by atoms with Crippen molar-refractivity contribution in [2.75, 3.05) is 30.5 Å². The maximum Gasteiger partial charge on any atom is 0.258 e. The van der Waals surface area contributed by atoms with Crippen molar-refractivity contribution in [3.8, 4) is 17.1 Å². The summed E-state index contributed by atoms with van der Waals surface area (Å²) < 4.78 is 15.7. The summed E-state index contributed by atoms with van der Waals surface area (Å²) in [5, 5.41) is 11.3. The molecule has 2 bridgehead atoms. The van der Waals surface area contributed by atoms with Gasteiger partial charge < -0.3 is 19.4 Å². The predicted molar refractivity (Wildman–Crippen MR) is 157 cm³/mol. The number of rotatable bonds is 4. The van der Waals surface area contributed by atoms with Gasteiger partial charge in [-0.25, -0.2) is 9.67 Å². The van der Waals surface area contributed by atoms with Crippen molar-refractivity contribution in [2.45, 2.75) is 58.0 Å².